The Hall–Kier alpha value is -4.11. The third kappa shape index (κ3) is 5.27. The maximum Gasteiger partial charge on any atom is 0.0656 e. The molecule has 0 amide bonds. The van der Waals surface area contributed by atoms with Crippen LogP contribution >= 0.6 is 11.8 Å². The topological polar surface area (TPSA) is 111 Å². The fourth-order valence-corrected chi connectivity index (χ4v) is 8.04. The van der Waals surface area contributed by atoms with E-state index in [0.717, 1.165) is 64.0 Å². The Balaban J connectivity index is 1.28. The van der Waals surface area contributed by atoms with Crippen LogP contribution in [0.5, 0.6) is 0 Å². The molecule has 0 saturated carbocycles. The lowest BCUT2D eigenvalue weighted by Gasteiger charge is -2.40. The largest absolute Gasteiger partial charge is 0.398 e. The number of likely N-dealkylation sites (tertiary alicyclic amines) is 1. The first kappa shape index (κ1) is 28.6. The van der Waals surface area contributed by atoms with Crippen LogP contribution in [0, 0.1) is 11.3 Å². The second-order valence-electron chi connectivity index (χ2n) is 12.4. The van der Waals surface area contributed by atoms with Gasteiger partial charge in [-0.3, -0.25) is 10.00 Å². The Labute approximate surface area is 263 Å². The molecule has 1 saturated heterocycles. The van der Waals surface area contributed by atoms with Crippen LogP contribution in [0.25, 0.3) is 33.2 Å². The number of fused-ring (bicyclic) bond motifs is 3. The van der Waals surface area contributed by atoms with Crippen molar-refractivity contribution in [2.45, 2.75) is 48.6 Å². The highest BCUT2D eigenvalue weighted by Gasteiger charge is 2.29. The Morgan fingerprint density at radius 2 is 1.66 bits per heavy atom. The average Bonchev–Trinajstić information content (AvgIpc) is 3.51. The zero-order valence-electron chi connectivity index (χ0n) is 25.3. The minimum absolute atomic E-state index is 0.0102. The molecule has 0 radical (unpaired) electrons. The van der Waals surface area contributed by atoms with Crippen molar-refractivity contribution in [1.29, 1.82) is 5.41 Å². The van der Waals surface area contributed by atoms with Gasteiger partial charge in [-0.05, 0) is 84.3 Å². The van der Waals surface area contributed by atoms with E-state index in [1.807, 2.05) is 24.4 Å². The molecule has 2 aliphatic heterocycles. The first-order valence-corrected chi connectivity index (χ1v) is 16.3. The summed E-state index contributed by atoms with van der Waals surface area (Å²) >= 11 is 1.79. The number of aromatic amines is 1. The van der Waals surface area contributed by atoms with Crippen LogP contribution in [-0.2, 0) is 0 Å². The maximum atomic E-state index is 8.01. The fraction of sp³-hybridized carbons (Fsp3) is 0.278. The van der Waals surface area contributed by atoms with Crippen LogP contribution in [-0.4, -0.2) is 53.0 Å². The van der Waals surface area contributed by atoms with Gasteiger partial charge < -0.3 is 21.8 Å². The van der Waals surface area contributed by atoms with E-state index in [2.05, 4.69) is 88.4 Å². The Morgan fingerprint density at radius 1 is 0.955 bits per heavy atom. The summed E-state index contributed by atoms with van der Waals surface area (Å²) in [6, 6.07) is 26.0. The van der Waals surface area contributed by atoms with Gasteiger partial charge >= 0.3 is 0 Å². The molecule has 3 atom stereocenters. The number of nitrogens with two attached hydrogens (primary N) is 2. The van der Waals surface area contributed by atoms with Gasteiger partial charge in [-0.25, -0.2) is 0 Å². The summed E-state index contributed by atoms with van der Waals surface area (Å²) < 4.78 is 0. The molecular formula is C36H39N7S. The zero-order chi connectivity index (χ0) is 30.4. The van der Waals surface area contributed by atoms with Crippen molar-refractivity contribution >= 4 is 45.9 Å². The van der Waals surface area contributed by atoms with E-state index in [0.29, 0.717) is 17.6 Å². The van der Waals surface area contributed by atoms with E-state index in [1.165, 1.54) is 34.5 Å². The van der Waals surface area contributed by atoms with E-state index >= 15 is 0 Å². The lowest BCUT2D eigenvalue weighted by molar-refractivity contribution is 0.118. The number of nitrogens with zero attached hydrogens (tertiary/aromatic N) is 3. The van der Waals surface area contributed by atoms with Gasteiger partial charge in [0.2, 0.25) is 0 Å². The van der Waals surface area contributed by atoms with E-state index in [1.54, 1.807) is 11.8 Å². The van der Waals surface area contributed by atoms with E-state index < -0.39 is 0 Å². The number of benzene rings is 4. The van der Waals surface area contributed by atoms with Crippen LogP contribution in [0.3, 0.4) is 0 Å². The molecule has 6 N–H and O–H groups in total. The maximum absolute atomic E-state index is 8.01. The standard InChI is InChI=1S/C36H39N7S/c1-22-9-10-23(2)42(19-22)20-26(38)21-43-33-13-11-24(27-5-3-7-31(39)29(27)17-37)15-35(33)44-36-16-25(12-14-34(36)43)28-6-4-8-32-30(28)18-40-41-32/h3-8,11-18,22-23,26,37H,9-10,19-21,38-39H2,1-2H3,(H,40,41). The molecule has 0 aliphatic carbocycles. The van der Waals surface area contributed by atoms with Gasteiger partial charge in [0, 0.05) is 64.4 Å². The molecule has 1 fully saturated rings. The number of hydrogen-bond acceptors (Lipinski definition) is 7. The van der Waals surface area contributed by atoms with Crippen molar-refractivity contribution < 1.29 is 0 Å². The molecule has 3 unspecified atom stereocenters. The van der Waals surface area contributed by atoms with Gasteiger partial charge in [-0.15, -0.1) is 0 Å². The average molecular weight is 602 g/mol. The molecule has 5 aromatic rings. The van der Waals surface area contributed by atoms with Gasteiger partial charge in [-0.2, -0.15) is 5.10 Å². The molecule has 4 aromatic carbocycles. The number of piperidine rings is 1. The highest BCUT2D eigenvalue weighted by molar-refractivity contribution is 7.99. The third-order valence-electron chi connectivity index (χ3n) is 9.24. The summed E-state index contributed by atoms with van der Waals surface area (Å²) in [6.45, 7) is 7.40. The predicted octanol–water partition coefficient (Wildman–Crippen LogP) is 7.53. The second-order valence-corrected chi connectivity index (χ2v) is 13.5. The van der Waals surface area contributed by atoms with Crippen molar-refractivity contribution in [2.75, 3.05) is 30.3 Å². The lowest BCUT2D eigenvalue weighted by Crippen LogP contribution is -2.50. The lowest BCUT2D eigenvalue weighted by atomic mass is 9.94. The summed E-state index contributed by atoms with van der Waals surface area (Å²) in [6.07, 6.45) is 5.78. The number of H-pyrrole nitrogens is 1. The fourth-order valence-electron chi connectivity index (χ4n) is 6.86. The number of hydrogen-bond donors (Lipinski definition) is 4. The first-order chi connectivity index (χ1) is 21.4. The summed E-state index contributed by atoms with van der Waals surface area (Å²) in [4.78, 5) is 7.35. The van der Waals surface area contributed by atoms with Crippen molar-refractivity contribution in [3.8, 4) is 22.3 Å². The summed E-state index contributed by atoms with van der Waals surface area (Å²) in [5.74, 6) is 0.709. The Kier molecular flexibility index (Phi) is 7.66. The highest BCUT2D eigenvalue weighted by atomic mass is 32.2. The highest BCUT2D eigenvalue weighted by Crippen LogP contribution is 2.50. The molecule has 0 bridgehead atoms. The quantitative estimate of drug-likeness (QED) is 0.113. The molecule has 0 spiro atoms. The molecule has 2 aliphatic rings. The van der Waals surface area contributed by atoms with Crippen LogP contribution in [0.1, 0.15) is 32.3 Å². The van der Waals surface area contributed by atoms with Crippen LogP contribution < -0.4 is 16.4 Å². The van der Waals surface area contributed by atoms with Gasteiger partial charge in [0.25, 0.3) is 0 Å². The SMILES string of the molecule is CC1CCC(C)N(CC(N)CN2c3ccc(-c4cccc(N)c4C=N)cc3Sc3cc(-c4cccc5[nH]ncc45)ccc32)C1. The third-order valence-corrected chi connectivity index (χ3v) is 10.3. The van der Waals surface area contributed by atoms with Gasteiger partial charge in [0.1, 0.15) is 0 Å². The van der Waals surface area contributed by atoms with Crippen molar-refractivity contribution in [2.24, 2.45) is 11.7 Å². The van der Waals surface area contributed by atoms with Crippen molar-refractivity contribution in [3.63, 3.8) is 0 Å². The van der Waals surface area contributed by atoms with E-state index in [-0.39, 0.29) is 6.04 Å². The molecule has 1 aromatic heterocycles. The summed E-state index contributed by atoms with van der Waals surface area (Å²) in [5, 5.41) is 16.5. The smallest absolute Gasteiger partial charge is 0.0656 e. The minimum atomic E-state index is -0.0102. The molecule has 7 rings (SSSR count). The minimum Gasteiger partial charge on any atom is -0.398 e. The Morgan fingerprint density at radius 3 is 2.41 bits per heavy atom. The van der Waals surface area contributed by atoms with Crippen molar-refractivity contribution in [1.82, 2.24) is 15.1 Å². The predicted molar refractivity (Wildman–Crippen MR) is 184 cm³/mol. The number of rotatable bonds is 7. The normalized spacial score (nSPS) is 19.0. The molecule has 3 heterocycles. The first-order valence-electron chi connectivity index (χ1n) is 15.4. The number of nitrogens with one attached hydrogen (secondary N) is 2. The number of aromatic nitrogens is 2. The van der Waals surface area contributed by atoms with Gasteiger partial charge in [0.15, 0.2) is 0 Å². The van der Waals surface area contributed by atoms with Gasteiger partial charge in [-0.1, -0.05) is 55.1 Å². The summed E-state index contributed by atoms with van der Waals surface area (Å²) in [7, 11) is 0. The van der Waals surface area contributed by atoms with E-state index in [4.69, 9.17) is 16.9 Å². The molecule has 44 heavy (non-hydrogen) atoms. The molecule has 224 valence electrons. The van der Waals surface area contributed by atoms with E-state index in [9.17, 15) is 0 Å². The molecular weight excluding hydrogens is 563 g/mol. The number of anilines is 3. The second kappa shape index (κ2) is 11.8. The zero-order valence-corrected chi connectivity index (χ0v) is 26.1. The monoisotopic (exact) mass is 601 g/mol. The Bertz CT molecular complexity index is 1850. The molecule has 7 nitrogen and oxygen atoms in total. The van der Waals surface area contributed by atoms with Crippen LogP contribution in [0.15, 0.2) is 88.8 Å². The molecule has 8 heteroatoms. The number of nitrogen functional groups attached to an aromatic ring is 1. The van der Waals surface area contributed by atoms with Crippen LogP contribution in [0.2, 0.25) is 0 Å². The van der Waals surface area contributed by atoms with Crippen molar-refractivity contribution in [3.05, 3.63) is 84.6 Å². The van der Waals surface area contributed by atoms with Crippen LogP contribution in [0.4, 0.5) is 17.1 Å². The van der Waals surface area contributed by atoms with Gasteiger partial charge in [0.05, 0.1) is 23.1 Å². The summed E-state index contributed by atoms with van der Waals surface area (Å²) in [5.41, 5.74) is 22.3.